The lowest BCUT2D eigenvalue weighted by atomic mass is 9.97. The number of pyridine rings is 2. The molecule has 1 aliphatic rings. The van der Waals surface area contributed by atoms with Gasteiger partial charge in [-0.05, 0) is 62.6 Å². The molecule has 1 unspecified atom stereocenters. The maximum Gasteiger partial charge on any atom is 0.281 e. The summed E-state index contributed by atoms with van der Waals surface area (Å²) in [5.74, 6) is 0.305. The second kappa shape index (κ2) is 9.35. The number of sulfonamides is 1. The largest absolute Gasteiger partial charge is 0.351 e. The molecule has 35 heavy (non-hydrogen) atoms. The predicted molar refractivity (Wildman–Crippen MR) is 133 cm³/mol. The minimum atomic E-state index is -4.28. The summed E-state index contributed by atoms with van der Waals surface area (Å²) in [6, 6.07) is 16.4. The van der Waals surface area contributed by atoms with E-state index in [4.69, 9.17) is 0 Å². The topological polar surface area (TPSA) is 128 Å². The molecule has 9 nitrogen and oxygen atoms in total. The third-order valence-electron chi connectivity index (χ3n) is 5.90. The molecule has 180 valence electrons. The second-order valence-electron chi connectivity index (χ2n) is 9.18. The smallest absolute Gasteiger partial charge is 0.281 e. The van der Waals surface area contributed by atoms with E-state index < -0.39 is 15.9 Å². The average Bonchev–Trinajstić information content (AvgIpc) is 3.11. The van der Waals surface area contributed by atoms with E-state index in [-0.39, 0.29) is 21.9 Å². The van der Waals surface area contributed by atoms with Crippen molar-refractivity contribution in [2.75, 3.05) is 16.8 Å². The summed E-state index contributed by atoms with van der Waals surface area (Å²) in [5, 5.41) is 11.9. The first kappa shape index (κ1) is 24.2. The first-order valence-corrected chi connectivity index (χ1v) is 12.6. The summed E-state index contributed by atoms with van der Waals surface area (Å²) >= 11 is 0. The lowest BCUT2D eigenvalue weighted by Crippen LogP contribution is -2.41. The van der Waals surface area contributed by atoms with Gasteiger partial charge in [0.2, 0.25) is 0 Å². The van der Waals surface area contributed by atoms with Crippen molar-refractivity contribution in [2.45, 2.75) is 37.8 Å². The van der Waals surface area contributed by atoms with Crippen LogP contribution < -0.4 is 14.9 Å². The summed E-state index contributed by atoms with van der Waals surface area (Å²) in [6.45, 7) is 7.01. The Morgan fingerprint density at radius 1 is 1.14 bits per heavy atom. The molecule has 1 amide bonds. The van der Waals surface area contributed by atoms with E-state index in [2.05, 4.69) is 51.7 Å². The number of hydrogen-bond acceptors (Lipinski definition) is 8. The molecule has 0 spiro atoms. The van der Waals surface area contributed by atoms with E-state index in [0.717, 1.165) is 13.0 Å². The van der Waals surface area contributed by atoms with Crippen LogP contribution in [0.25, 0.3) is 0 Å². The number of carbonyl (C=O) groups is 1. The van der Waals surface area contributed by atoms with Crippen LogP contribution in [0, 0.1) is 17.2 Å². The van der Waals surface area contributed by atoms with Crippen molar-refractivity contribution < 1.29 is 13.2 Å². The van der Waals surface area contributed by atoms with E-state index in [1.807, 2.05) is 0 Å². The fraction of sp³-hybridized carbons (Fsp3) is 0.280. The molecular formula is C25H26N6O3S. The van der Waals surface area contributed by atoms with Crippen LogP contribution >= 0.6 is 0 Å². The van der Waals surface area contributed by atoms with Gasteiger partial charge in [0.05, 0.1) is 16.8 Å². The number of nitrogens with zero attached hydrogens (tertiary/aromatic N) is 4. The Hall–Kier alpha value is -3.97. The molecule has 3 heterocycles. The zero-order valence-corrected chi connectivity index (χ0v) is 20.5. The van der Waals surface area contributed by atoms with Gasteiger partial charge in [-0.3, -0.25) is 4.79 Å². The van der Waals surface area contributed by atoms with E-state index in [1.54, 1.807) is 48.7 Å². The highest BCUT2D eigenvalue weighted by molar-refractivity contribution is 7.90. The number of benzene rings is 1. The minimum Gasteiger partial charge on any atom is -0.351 e. The first-order valence-electron chi connectivity index (χ1n) is 11.1. The number of anilines is 3. The van der Waals surface area contributed by atoms with Gasteiger partial charge >= 0.3 is 0 Å². The minimum absolute atomic E-state index is 0.176. The van der Waals surface area contributed by atoms with Gasteiger partial charge in [-0.1, -0.05) is 25.1 Å². The van der Waals surface area contributed by atoms with Gasteiger partial charge in [0.1, 0.15) is 17.7 Å². The van der Waals surface area contributed by atoms with Crippen LogP contribution in [0.2, 0.25) is 0 Å². The summed E-state index contributed by atoms with van der Waals surface area (Å²) in [5.41, 5.74) is 0.835. The maximum absolute atomic E-state index is 13.1. The molecule has 4 rings (SSSR count). The van der Waals surface area contributed by atoms with Gasteiger partial charge in [-0.15, -0.1) is 0 Å². The van der Waals surface area contributed by atoms with Crippen molar-refractivity contribution in [3.63, 3.8) is 0 Å². The SMILES string of the molecule is CC1CN(c2ncccc2C(=O)NS(=O)(=O)c2cccc(Nc3ccccc3C#N)n2)C(C)(C)C1. The van der Waals surface area contributed by atoms with Crippen LogP contribution in [-0.4, -0.2) is 36.4 Å². The third-order valence-corrected chi connectivity index (χ3v) is 7.13. The Morgan fingerprint density at radius 2 is 1.91 bits per heavy atom. The standard InChI is InChI=1S/C25H26N6O3S/c1-17-14-25(2,3)31(16-17)23-19(9-7-13-27-23)24(32)30-35(33,34)22-12-6-11-21(29-22)28-20-10-5-4-8-18(20)15-26/h4-13,17H,14,16H2,1-3H3,(H,28,29)(H,30,32). The highest BCUT2D eigenvalue weighted by atomic mass is 32.2. The Balaban J connectivity index is 1.59. The number of para-hydroxylation sites is 1. The van der Waals surface area contributed by atoms with Crippen molar-refractivity contribution >= 4 is 33.3 Å². The van der Waals surface area contributed by atoms with Crippen molar-refractivity contribution in [2.24, 2.45) is 5.92 Å². The van der Waals surface area contributed by atoms with Crippen molar-refractivity contribution in [1.29, 1.82) is 5.26 Å². The zero-order chi connectivity index (χ0) is 25.2. The number of hydrogen-bond donors (Lipinski definition) is 2. The normalized spacial score (nSPS) is 17.0. The number of nitriles is 1. The Kier molecular flexibility index (Phi) is 6.45. The van der Waals surface area contributed by atoms with Crippen LogP contribution in [0.4, 0.5) is 17.3 Å². The van der Waals surface area contributed by atoms with Gasteiger partial charge in [0.15, 0.2) is 5.03 Å². The van der Waals surface area contributed by atoms with Gasteiger partial charge < -0.3 is 10.2 Å². The molecule has 0 bridgehead atoms. The number of carbonyl (C=O) groups excluding carboxylic acids is 1. The highest BCUT2D eigenvalue weighted by Crippen LogP contribution is 2.37. The molecule has 0 aliphatic carbocycles. The molecule has 1 fully saturated rings. The van der Waals surface area contributed by atoms with Crippen molar-refractivity contribution in [1.82, 2.24) is 14.7 Å². The Morgan fingerprint density at radius 3 is 2.63 bits per heavy atom. The Bertz CT molecular complexity index is 1410. The molecule has 1 aliphatic heterocycles. The monoisotopic (exact) mass is 490 g/mol. The Labute approximate surface area is 204 Å². The van der Waals surface area contributed by atoms with Gasteiger partial charge in [-0.25, -0.2) is 14.7 Å². The fourth-order valence-corrected chi connectivity index (χ4v) is 5.37. The van der Waals surface area contributed by atoms with Crippen LogP contribution in [0.5, 0.6) is 0 Å². The van der Waals surface area contributed by atoms with E-state index in [9.17, 15) is 18.5 Å². The molecule has 0 radical (unpaired) electrons. The number of rotatable bonds is 6. The molecule has 3 aromatic rings. The zero-order valence-electron chi connectivity index (χ0n) is 19.7. The molecule has 1 atom stereocenters. The molecule has 2 aromatic heterocycles. The molecule has 1 aromatic carbocycles. The average molecular weight is 491 g/mol. The highest BCUT2D eigenvalue weighted by Gasteiger charge is 2.39. The second-order valence-corrected chi connectivity index (χ2v) is 10.8. The van der Waals surface area contributed by atoms with Gasteiger partial charge in [-0.2, -0.15) is 13.7 Å². The van der Waals surface area contributed by atoms with E-state index in [0.29, 0.717) is 23.0 Å². The molecule has 10 heteroatoms. The van der Waals surface area contributed by atoms with E-state index in [1.165, 1.54) is 12.1 Å². The van der Waals surface area contributed by atoms with Crippen molar-refractivity contribution in [3.05, 3.63) is 71.9 Å². The first-order chi connectivity index (χ1) is 16.6. The maximum atomic E-state index is 13.1. The lowest BCUT2D eigenvalue weighted by Gasteiger charge is -2.33. The lowest BCUT2D eigenvalue weighted by molar-refractivity contribution is 0.0981. The van der Waals surface area contributed by atoms with Crippen LogP contribution in [0.1, 0.15) is 43.1 Å². The molecule has 1 saturated heterocycles. The summed E-state index contributed by atoms with van der Waals surface area (Å²) in [4.78, 5) is 23.7. The predicted octanol–water partition coefficient (Wildman–Crippen LogP) is 3.84. The van der Waals surface area contributed by atoms with Gasteiger partial charge in [0, 0.05) is 18.3 Å². The summed E-state index contributed by atoms with van der Waals surface area (Å²) in [7, 11) is -4.28. The van der Waals surface area contributed by atoms with Crippen molar-refractivity contribution in [3.8, 4) is 6.07 Å². The summed E-state index contributed by atoms with van der Waals surface area (Å²) in [6.07, 6.45) is 2.52. The third kappa shape index (κ3) is 5.10. The van der Waals surface area contributed by atoms with Crippen LogP contribution in [0.3, 0.4) is 0 Å². The number of amides is 1. The quantitative estimate of drug-likeness (QED) is 0.533. The van der Waals surface area contributed by atoms with E-state index >= 15 is 0 Å². The number of aromatic nitrogens is 2. The van der Waals surface area contributed by atoms with Crippen LogP contribution in [0.15, 0.2) is 65.8 Å². The van der Waals surface area contributed by atoms with Gasteiger partial charge in [0.25, 0.3) is 15.9 Å². The molecular weight excluding hydrogens is 464 g/mol. The molecule has 0 saturated carbocycles. The number of nitrogens with one attached hydrogen (secondary N) is 2. The summed E-state index contributed by atoms with van der Waals surface area (Å²) < 4.78 is 28.2. The fourth-order valence-electron chi connectivity index (χ4n) is 4.44. The van der Waals surface area contributed by atoms with Crippen LogP contribution in [-0.2, 0) is 10.0 Å². The molecule has 2 N–H and O–H groups in total.